The molecule has 0 bridgehead atoms. The molecule has 0 aliphatic heterocycles. The van der Waals surface area contributed by atoms with Crippen LogP contribution in [0.5, 0.6) is 5.75 Å². The second kappa shape index (κ2) is 6.59. The van der Waals surface area contributed by atoms with Crippen molar-refractivity contribution in [3.8, 4) is 5.75 Å². The van der Waals surface area contributed by atoms with E-state index >= 15 is 0 Å². The van der Waals surface area contributed by atoms with Gasteiger partial charge in [-0.1, -0.05) is 23.2 Å². The van der Waals surface area contributed by atoms with Gasteiger partial charge in [-0.15, -0.1) is 0 Å². The Labute approximate surface area is 126 Å². The molecule has 0 atom stereocenters. The smallest absolute Gasteiger partial charge is 0.263 e. The van der Waals surface area contributed by atoms with Crippen LogP contribution < -0.4 is 10.1 Å². The Morgan fingerprint density at radius 3 is 2.65 bits per heavy atom. The molecule has 0 fully saturated rings. The fourth-order valence-corrected chi connectivity index (χ4v) is 1.89. The van der Waals surface area contributed by atoms with E-state index in [1.54, 1.807) is 30.3 Å². The number of carbonyl (C=O) groups excluding carboxylic acids is 1. The average Bonchev–Trinajstić information content (AvgIpc) is 2.40. The van der Waals surface area contributed by atoms with Crippen molar-refractivity contribution in [2.45, 2.75) is 6.92 Å². The molecule has 2 rings (SSSR count). The minimum atomic E-state index is -0.297. The number of amides is 1. The summed E-state index contributed by atoms with van der Waals surface area (Å²) in [6.45, 7) is 1.76. The molecule has 1 N–H and O–H groups in total. The van der Waals surface area contributed by atoms with Crippen molar-refractivity contribution in [1.29, 1.82) is 0 Å². The number of nitrogens with one attached hydrogen (secondary N) is 1. The number of hydrogen-bond acceptors (Lipinski definition) is 3. The summed E-state index contributed by atoms with van der Waals surface area (Å²) in [6, 6.07) is 8.48. The molecule has 0 radical (unpaired) electrons. The topological polar surface area (TPSA) is 51.2 Å². The number of benzene rings is 1. The SMILES string of the molecule is Cc1cc(Cl)ccc1OCC(=O)Nc1ccc(Cl)cn1. The molecule has 0 saturated carbocycles. The number of pyridine rings is 1. The minimum Gasteiger partial charge on any atom is -0.483 e. The van der Waals surface area contributed by atoms with E-state index in [1.165, 1.54) is 6.20 Å². The van der Waals surface area contributed by atoms with Gasteiger partial charge < -0.3 is 10.1 Å². The lowest BCUT2D eigenvalue weighted by molar-refractivity contribution is -0.118. The summed E-state index contributed by atoms with van der Waals surface area (Å²) in [5.74, 6) is 0.749. The van der Waals surface area contributed by atoms with Crippen LogP contribution >= 0.6 is 23.2 Å². The Morgan fingerprint density at radius 1 is 1.25 bits per heavy atom. The van der Waals surface area contributed by atoms with Gasteiger partial charge in [-0.3, -0.25) is 4.79 Å². The van der Waals surface area contributed by atoms with E-state index in [2.05, 4.69) is 10.3 Å². The Morgan fingerprint density at radius 2 is 2.00 bits per heavy atom. The minimum absolute atomic E-state index is 0.104. The normalized spacial score (nSPS) is 10.2. The molecular weight excluding hydrogens is 299 g/mol. The quantitative estimate of drug-likeness (QED) is 0.936. The van der Waals surface area contributed by atoms with E-state index in [4.69, 9.17) is 27.9 Å². The lowest BCUT2D eigenvalue weighted by atomic mass is 10.2. The number of carbonyl (C=O) groups is 1. The number of halogens is 2. The monoisotopic (exact) mass is 310 g/mol. The van der Waals surface area contributed by atoms with Crippen LogP contribution in [0.2, 0.25) is 10.0 Å². The van der Waals surface area contributed by atoms with E-state index in [0.717, 1.165) is 5.56 Å². The van der Waals surface area contributed by atoms with Crippen molar-refractivity contribution in [3.63, 3.8) is 0 Å². The van der Waals surface area contributed by atoms with Gasteiger partial charge in [0.25, 0.3) is 5.91 Å². The molecule has 1 amide bonds. The standard InChI is InChI=1S/C14H12Cl2N2O2/c1-9-6-10(15)2-4-12(9)20-8-14(19)18-13-5-3-11(16)7-17-13/h2-7H,8H2,1H3,(H,17,18,19). The predicted molar refractivity (Wildman–Crippen MR) is 79.6 cm³/mol. The van der Waals surface area contributed by atoms with Crippen LogP contribution in [-0.2, 0) is 4.79 Å². The number of rotatable bonds is 4. The van der Waals surface area contributed by atoms with Crippen molar-refractivity contribution < 1.29 is 9.53 Å². The second-order valence-corrected chi connectivity index (χ2v) is 4.98. The van der Waals surface area contributed by atoms with Gasteiger partial charge in [-0.25, -0.2) is 4.98 Å². The number of nitrogens with zero attached hydrogens (tertiary/aromatic N) is 1. The first kappa shape index (κ1) is 14.6. The number of anilines is 1. The van der Waals surface area contributed by atoms with E-state index in [0.29, 0.717) is 21.6 Å². The van der Waals surface area contributed by atoms with Gasteiger partial charge in [-0.2, -0.15) is 0 Å². The summed E-state index contributed by atoms with van der Waals surface area (Å²) < 4.78 is 5.42. The first-order chi connectivity index (χ1) is 9.54. The summed E-state index contributed by atoms with van der Waals surface area (Å²) >= 11 is 11.6. The van der Waals surface area contributed by atoms with Gasteiger partial charge in [0.2, 0.25) is 0 Å². The number of aromatic nitrogens is 1. The number of hydrogen-bond donors (Lipinski definition) is 1. The summed E-state index contributed by atoms with van der Waals surface area (Å²) in [5.41, 5.74) is 0.870. The Hall–Kier alpha value is -1.78. The summed E-state index contributed by atoms with van der Waals surface area (Å²) in [7, 11) is 0. The van der Waals surface area contributed by atoms with Gasteiger partial charge in [0.15, 0.2) is 6.61 Å². The molecule has 0 aliphatic rings. The van der Waals surface area contributed by atoms with Crippen LogP contribution in [-0.4, -0.2) is 17.5 Å². The fraction of sp³-hybridized carbons (Fsp3) is 0.143. The Kier molecular flexibility index (Phi) is 4.82. The zero-order chi connectivity index (χ0) is 14.5. The molecule has 4 nitrogen and oxygen atoms in total. The maximum Gasteiger partial charge on any atom is 0.263 e. The van der Waals surface area contributed by atoms with E-state index < -0.39 is 0 Å². The van der Waals surface area contributed by atoms with Crippen LogP contribution in [0.3, 0.4) is 0 Å². The number of aryl methyl sites for hydroxylation is 1. The van der Waals surface area contributed by atoms with Crippen molar-refractivity contribution in [2.24, 2.45) is 0 Å². The maximum absolute atomic E-state index is 11.7. The van der Waals surface area contributed by atoms with E-state index in [-0.39, 0.29) is 12.5 Å². The molecular formula is C14H12Cl2N2O2. The van der Waals surface area contributed by atoms with Gasteiger partial charge in [0, 0.05) is 11.2 Å². The van der Waals surface area contributed by atoms with E-state index in [1.807, 2.05) is 6.92 Å². The number of ether oxygens (including phenoxy) is 1. The third-order valence-corrected chi connectivity index (χ3v) is 2.95. The van der Waals surface area contributed by atoms with Gasteiger partial charge in [0.1, 0.15) is 11.6 Å². The van der Waals surface area contributed by atoms with Gasteiger partial charge in [-0.05, 0) is 42.8 Å². The van der Waals surface area contributed by atoms with Crippen molar-refractivity contribution in [1.82, 2.24) is 4.98 Å². The summed E-state index contributed by atoms with van der Waals surface area (Å²) in [4.78, 5) is 15.7. The highest BCUT2D eigenvalue weighted by Gasteiger charge is 2.06. The molecule has 0 aliphatic carbocycles. The second-order valence-electron chi connectivity index (χ2n) is 4.11. The molecule has 20 heavy (non-hydrogen) atoms. The van der Waals surface area contributed by atoms with Crippen LogP contribution in [0.1, 0.15) is 5.56 Å². The first-order valence-corrected chi connectivity index (χ1v) is 6.60. The molecule has 0 unspecified atom stereocenters. The molecule has 104 valence electrons. The van der Waals surface area contributed by atoms with Gasteiger partial charge in [0.05, 0.1) is 5.02 Å². The molecule has 2 aromatic rings. The average molecular weight is 311 g/mol. The first-order valence-electron chi connectivity index (χ1n) is 5.85. The van der Waals surface area contributed by atoms with Crippen LogP contribution in [0.25, 0.3) is 0 Å². The molecule has 0 saturated heterocycles. The molecule has 1 aromatic heterocycles. The highest BCUT2D eigenvalue weighted by molar-refractivity contribution is 6.30. The third-order valence-electron chi connectivity index (χ3n) is 2.49. The Balaban J connectivity index is 1.90. The Bertz CT molecular complexity index is 615. The largest absolute Gasteiger partial charge is 0.483 e. The molecule has 1 heterocycles. The predicted octanol–water partition coefficient (Wildman–Crippen LogP) is 3.71. The molecule has 6 heteroatoms. The van der Waals surface area contributed by atoms with Crippen molar-refractivity contribution >= 4 is 34.9 Å². The van der Waals surface area contributed by atoms with Gasteiger partial charge >= 0.3 is 0 Å². The van der Waals surface area contributed by atoms with Crippen LogP contribution in [0.4, 0.5) is 5.82 Å². The highest BCUT2D eigenvalue weighted by atomic mass is 35.5. The van der Waals surface area contributed by atoms with Crippen molar-refractivity contribution in [2.75, 3.05) is 11.9 Å². The summed E-state index contributed by atoms with van der Waals surface area (Å²) in [6.07, 6.45) is 1.46. The van der Waals surface area contributed by atoms with Crippen LogP contribution in [0.15, 0.2) is 36.5 Å². The molecule has 0 spiro atoms. The van der Waals surface area contributed by atoms with Crippen molar-refractivity contribution in [3.05, 3.63) is 52.1 Å². The zero-order valence-corrected chi connectivity index (χ0v) is 12.2. The zero-order valence-electron chi connectivity index (χ0n) is 10.7. The van der Waals surface area contributed by atoms with Crippen LogP contribution in [0, 0.1) is 6.92 Å². The third kappa shape index (κ3) is 4.11. The summed E-state index contributed by atoms with van der Waals surface area (Å²) in [5, 5.41) is 3.75. The van der Waals surface area contributed by atoms with E-state index in [9.17, 15) is 4.79 Å². The highest BCUT2D eigenvalue weighted by Crippen LogP contribution is 2.21. The lowest BCUT2D eigenvalue weighted by Crippen LogP contribution is -2.20. The molecule has 1 aromatic carbocycles. The fourth-order valence-electron chi connectivity index (χ4n) is 1.55. The maximum atomic E-state index is 11.7. The lowest BCUT2D eigenvalue weighted by Gasteiger charge is -2.09.